The first kappa shape index (κ1) is 13.4. The van der Waals surface area contributed by atoms with Gasteiger partial charge >= 0.3 is 0 Å². The monoisotopic (exact) mass is 239 g/mol. The lowest BCUT2D eigenvalue weighted by molar-refractivity contribution is 0.469. The molecule has 0 aliphatic carbocycles. The highest BCUT2D eigenvalue weighted by molar-refractivity contribution is 7.84. The first-order valence-electron chi connectivity index (χ1n) is 5.74. The van der Waals surface area contributed by atoms with E-state index in [0.29, 0.717) is 12.1 Å². The van der Waals surface area contributed by atoms with Crippen LogP contribution in [0.25, 0.3) is 0 Å². The van der Waals surface area contributed by atoms with Crippen molar-refractivity contribution in [2.24, 2.45) is 0 Å². The van der Waals surface area contributed by atoms with Crippen molar-refractivity contribution in [2.45, 2.75) is 44.2 Å². The summed E-state index contributed by atoms with van der Waals surface area (Å²) in [5, 5.41) is 3.52. The first-order chi connectivity index (χ1) is 7.54. The van der Waals surface area contributed by atoms with Crippen molar-refractivity contribution in [2.75, 3.05) is 6.26 Å². The van der Waals surface area contributed by atoms with Crippen molar-refractivity contribution in [3.8, 4) is 0 Å². The summed E-state index contributed by atoms with van der Waals surface area (Å²) in [5.41, 5.74) is 1.24. The van der Waals surface area contributed by atoms with E-state index >= 15 is 0 Å². The van der Waals surface area contributed by atoms with Gasteiger partial charge in [-0.3, -0.25) is 4.21 Å². The Morgan fingerprint density at radius 1 is 1.25 bits per heavy atom. The van der Waals surface area contributed by atoms with Gasteiger partial charge in [0.05, 0.1) is 0 Å². The average molecular weight is 239 g/mol. The predicted octanol–water partition coefficient (Wildman–Crippen LogP) is 2.87. The topological polar surface area (TPSA) is 29.1 Å². The van der Waals surface area contributed by atoms with Gasteiger partial charge < -0.3 is 5.32 Å². The van der Waals surface area contributed by atoms with Crippen LogP contribution in [0.15, 0.2) is 29.2 Å². The molecule has 0 radical (unpaired) electrons. The first-order valence-corrected chi connectivity index (χ1v) is 7.29. The molecule has 0 spiro atoms. The Balaban J connectivity index is 2.70. The SMILES string of the molecule is CCC(C)NC(C)c1ccc(S(C)=O)cc1. The molecule has 1 aromatic rings. The summed E-state index contributed by atoms with van der Waals surface area (Å²) in [6.07, 6.45) is 2.83. The highest BCUT2D eigenvalue weighted by Crippen LogP contribution is 2.15. The van der Waals surface area contributed by atoms with Gasteiger partial charge in [0.1, 0.15) is 0 Å². The molecule has 2 nitrogen and oxygen atoms in total. The molecular formula is C13H21NOS. The summed E-state index contributed by atoms with van der Waals surface area (Å²) in [5.74, 6) is 0. The van der Waals surface area contributed by atoms with Crippen LogP contribution < -0.4 is 5.32 Å². The lowest BCUT2D eigenvalue weighted by atomic mass is 10.1. The fraction of sp³-hybridized carbons (Fsp3) is 0.538. The van der Waals surface area contributed by atoms with E-state index in [4.69, 9.17) is 0 Å². The van der Waals surface area contributed by atoms with Crippen LogP contribution in [0.4, 0.5) is 0 Å². The van der Waals surface area contributed by atoms with Crippen molar-refractivity contribution in [1.82, 2.24) is 5.32 Å². The normalized spacial score (nSPS) is 16.8. The molecule has 1 N–H and O–H groups in total. The maximum atomic E-state index is 11.2. The Morgan fingerprint density at radius 2 is 1.81 bits per heavy atom. The summed E-state index contributed by atoms with van der Waals surface area (Å²) < 4.78 is 11.2. The highest BCUT2D eigenvalue weighted by atomic mass is 32.2. The van der Waals surface area contributed by atoms with Gasteiger partial charge in [-0.1, -0.05) is 19.1 Å². The van der Waals surface area contributed by atoms with Crippen molar-refractivity contribution >= 4 is 10.8 Å². The minimum Gasteiger partial charge on any atom is -0.308 e. The molecular weight excluding hydrogens is 218 g/mol. The van der Waals surface area contributed by atoms with Gasteiger partial charge in [0.2, 0.25) is 0 Å². The molecule has 1 rings (SSSR count). The zero-order valence-electron chi connectivity index (χ0n) is 10.5. The maximum absolute atomic E-state index is 11.2. The van der Waals surface area contributed by atoms with Crippen molar-refractivity contribution in [3.63, 3.8) is 0 Å². The number of benzene rings is 1. The molecule has 0 fully saturated rings. The van der Waals surface area contributed by atoms with Crippen molar-refractivity contribution < 1.29 is 4.21 Å². The molecule has 0 bridgehead atoms. The van der Waals surface area contributed by atoms with Gasteiger partial charge in [-0.2, -0.15) is 0 Å². The zero-order valence-corrected chi connectivity index (χ0v) is 11.3. The Kier molecular flexibility index (Phi) is 5.16. The minimum atomic E-state index is -0.883. The predicted molar refractivity (Wildman–Crippen MR) is 70.1 cm³/mol. The molecule has 0 aliphatic rings. The Morgan fingerprint density at radius 3 is 2.25 bits per heavy atom. The van der Waals surface area contributed by atoms with E-state index in [9.17, 15) is 4.21 Å². The Labute approximate surface area is 101 Å². The standard InChI is InChI=1S/C13H21NOS/c1-5-10(2)14-11(3)12-6-8-13(9-7-12)16(4)15/h6-11,14H,5H2,1-4H3. The van der Waals surface area contributed by atoms with Crippen molar-refractivity contribution in [3.05, 3.63) is 29.8 Å². The van der Waals surface area contributed by atoms with Crippen LogP contribution in [0.3, 0.4) is 0 Å². The van der Waals surface area contributed by atoms with E-state index in [1.165, 1.54) is 5.56 Å². The Bertz CT molecular complexity index is 347. The van der Waals surface area contributed by atoms with Crippen molar-refractivity contribution in [1.29, 1.82) is 0 Å². The van der Waals surface area contributed by atoms with Crippen LogP contribution in [-0.2, 0) is 10.8 Å². The van der Waals surface area contributed by atoms with Gasteiger partial charge in [-0.25, -0.2) is 0 Å². The van der Waals surface area contributed by atoms with Crippen LogP contribution in [0.1, 0.15) is 38.8 Å². The summed E-state index contributed by atoms with van der Waals surface area (Å²) in [4.78, 5) is 0.888. The van der Waals surface area contributed by atoms with Gasteiger partial charge in [0, 0.05) is 34.0 Å². The highest BCUT2D eigenvalue weighted by Gasteiger charge is 2.08. The molecule has 90 valence electrons. The van der Waals surface area contributed by atoms with E-state index in [1.807, 2.05) is 12.1 Å². The maximum Gasteiger partial charge on any atom is 0.0498 e. The molecule has 16 heavy (non-hydrogen) atoms. The number of nitrogens with one attached hydrogen (secondary N) is 1. The van der Waals surface area contributed by atoms with E-state index in [2.05, 4.69) is 38.2 Å². The second kappa shape index (κ2) is 6.16. The summed E-state index contributed by atoms with van der Waals surface area (Å²) >= 11 is 0. The zero-order chi connectivity index (χ0) is 12.1. The van der Waals surface area contributed by atoms with Crippen LogP contribution in [0.5, 0.6) is 0 Å². The number of hydrogen-bond acceptors (Lipinski definition) is 2. The molecule has 0 saturated heterocycles. The van der Waals surface area contributed by atoms with Gasteiger partial charge in [-0.15, -0.1) is 0 Å². The second-order valence-electron chi connectivity index (χ2n) is 4.22. The van der Waals surface area contributed by atoms with E-state index in [1.54, 1.807) is 6.26 Å². The molecule has 0 saturated carbocycles. The third-order valence-electron chi connectivity index (χ3n) is 2.86. The van der Waals surface area contributed by atoms with E-state index in [-0.39, 0.29) is 0 Å². The Hall–Kier alpha value is -0.670. The summed E-state index contributed by atoms with van der Waals surface area (Å²) in [6, 6.07) is 8.86. The molecule has 0 aromatic heterocycles. The average Bonchev–Trinajstić information content (AvgIpc) is 2.28. The van der Waals surface area contributed by atoms with Crippen LogP contribution in [-0.4, -0.2) is 16.5 Å². The molecule has 0 aliphatic heterocycles. The van der Waals surface area contributed by atoms with E-state index in [0.717, 1.165) is 11.3 Å². The van der Waals surface area contributed by atoms with Crippen LogP contribution in [0.2, 0.25) is 0 Å². The molecule has 3 heteroatoms. The number of rotatable bonds is 5. The van der Waals surface area contributed by atoms with E-state index < -0.39 is 10.8 Å². The largest absolute Gasteiger partial charge is 0.308 e. The third-order valence-corrected chi connectivity index (χ3v) is 3.79. The molecule has 3 unspecified atom stereocenters. The lowest BCUT2D eigenvalue weighted by Crippen LogP contribution is -2.28. The minimum absolute atomic E-state index is 0.342. The summed E-state index contributed by atoms with van der Waals surface area (Å²) in [6.45, 7) is 6.52. The molecule has 0 heterocycles. The van der Waals surface area contributed by atoms with Gasteiger partial charge in [0.25, 0.3) is 0 Å². The lowest BCUT2D eigenvalue weighted by Gasteiger charge is -2.19. The van der Waals surface area contributed by atoms with Crippen LogP contribution in [0, 0.1) is 0 Å². The van der Waals surface area contributed by atoms with Gasteiger partial charge in [-0.05, 0) is 38.0 Å². The van der Waals surface area contributed by atoms with Crippen LogP contribution >= 0.6 is 0 Å². The smallest absolute Gasteiger partial charge is 0.0498 e. The molecule has 0 amide bonds. The van der Waals surface area contributed by atoms with Gasteiger partial charge in [0.15, 0.2) is 0 Å². The number of hydrogen-bond donors (Lipinski definition) is 1. The molecule has 1 aromatic carbocycles. The fourth-order valence-corrected chi connectivity index (χ4v) is 2.11. The third kappa shape index (κ3) is 3.72. The quantitative estimate of drug-likeness (QED) is 0.856. The molecule has 3 atom stereocenters. The second-order valence-corrected chi connectivity index (χ2v) is 5.60. The fourth-order valence-electron chi connectivity index (χ4n) is 1.59. The summed E-state index contributed by atoms with van der Waals surface area (Å²) in [7, 11) is -0.883.